The molecule has 0 heterocycles. The van der Waals surface area contributed by atoms with Gasteiger partial charge in [-0.1, -0.05) is 60.7 Å². The van der Waals surface area contributed by atoms with Crippen molar-refractivity contribution in [3.05, 3.63) is 83.9 Å². The van der Waals surface area contributed by atoms with Gasteiger partial charge in [-0.25, -0.2) is 0 Å². The molecule has 3 rings (SSSR count). The summed E-state index contributed by atoms with van der Waals surface area (Å²) in [5.41, 5.74) is 1.80. The standard InChI is InChI=1S/C22H18O3/c1-16(23)25-22-8-4-5-17(15-22)10-12-21(24)14-18-9-11-19-6-2-3-7-20(19)13-18/h2-13,15H,14H2,1H3/b12-10+. The molecule has 0 N–H and O–H groups in total. The molecule has 0 aliphatic heterocycles. The van der Waals surface area contributed by atoms with Gasteiger partial charge in [0.05, 0.1) is 0 Å². The van der Waals surface area contributed by atoms with Gasteiger partial charge in [0.15, 0.2) is 5.78 Å². The van der Waals surface area contributed by atoms with Gasteiger partial charge in [0.2, 0.25) is 0 Å². The van der Waals surface area contributed by atoms with E-state index in [-0.39, 0.29) is 11.8 Å². The van der Waals surface area contributed by atoms with Crippen molar-refractivity contribution in [3.8, 4) is 5.75 Å². The highest BCUT2D eigenvalue weighted by molar-refractivity contribution is 5.95. The Morgan fingerprint density at radius 3 is 2.52 bits per heavy atom. The number of hydrogen-bond acceptors (Lipinski definition) is 3. The average molecular weight is 330 g/mol. The van der Waals surface area contributed by atoms with Crippen LogP contribution in [0.2, 0.25) is 0 Å². The van der Waals surface area contributed by atoms with Crippen molar-refractivity contribution in [2.45, 2.75) is 13.3 Å². The van der Waals surface area contributed by atoms with Crippen molar-refractivity contribution < 1.29 is 14.3 Å². The Morgan fingerprint density at radius 1 is 0.920 bits per heavy atom. The second-order valence-electron chi connectivity index (χ2n) is 5.82. The van der Waals surface area contributed by atoms with Gasteiger partial charge in [0, 0.05) is 13.3 Å². The monoisotopic (exact) mass is 330 g/mol. The van der Waals surface area contributed by atoms with Crippen molar-refractivity contribution in [2.24, 2.45) is 0 Å². The van der Waals surface area contributed by atoms with Crippen LogP contribution in [0.25, 0.3) is 16.8 Å². The molecule has 25 heavy (non-hydrogen) atoms. The van der Waals surface area contributed by atoms with Crippen LogP contribution < -0.4 is 4.74 Å². The zero-order valence-corrected chi connectivity index (χ0v) is 13.9. The van der Waals surface area contributed by atoms with Crippen LogP contribution in [-0.4, -0.2) is 11.8 Å². The Balaban J connectivity index is 1.68. The van der Waals surface area contributed by atoms with E-state index in [1.165, 1.54) is 6.92 Å². The maximum absolute atomic E-state index is 12.2. The van der Waals surface area contributed by atoms with Crippen LogP contribution in [0.1, 0.15) is 18.1 Å². The Hall–Kier alpha value is -3.20. The molecule has 0 unspecified atom stereocenters. The summed E-state index contributed by atoms with van der Waals surface area (Å²) in [5.74, 6) is 0.123. The number of rotatable bonds is 5. The number of carbonyl (C=O) groups is 2. The minimum absolute atomic E-state index is 0.0215. The SMILES string of the molecule is CC(=O)Oc1cccc(/C=C/C(=O)Cc2ccc3ccccc3c2)c1. The first-order valence-electron chi connectivity index (χ1n) is 8.07. The molecule has 0 aromatic heterocycles. The summed E-state index contributed by atoms with van der Waals surface area (Å²) in [7, 11) is 0. The van der Waals surface area contributed by atoms with E-state index in [0.29, 0.717) is 12.2 Å². The molecule has 0 atom stereocenters. The molecular weight excluding hydrogens is 312 g/mol. The maximum atomic E-state index is 12.2. The first-order chi connectivity index (χ1) is 12.1. The third kappa shape index (κ3) is 4.64. The van der Waals surface area contributed by atoms with Crippen LogP contribution in [0.5, 0.6) is 5.75 Å². The highest BCUT2D eigenvalue weighted by atomic mass is 16.5. The topological polar surface area (TPSA) is 43.4 Å². The fourth-order valence-electron chi connectivity index (χ4n) is 2.65. The van der Waals surface area contributed by atoms with Gasteiger partial charge in [-0.05, 0) is 40.1 Å². The second-order valence-corrected chi connectivity index (χ2v) is 5.82. The quantitative estimate of drug-likeness (QED) is 0.390. The molecule has 0 bridgehead atoms. The Kier molecular flexibility index (Phi) is 5.05. The lowest BCUT2D eigenvalue weighted by atomic mass is 10.0. The van der Waals surface area contributed by atoms with Crippen molar-refractivity contribution in [1.82, 2.24) is 0 Å². The normalized spacial score (nSPS) is 10.9. The minimum atomic E-state index is -0.367. The largest absolute Gasteiger partial charge is 0.427 e. The highest BCUT2D eigenvalue weighted by Crippen LogP contribution is 2.17. The van der Waals surface area contributed by atoms with Gasteiger partial charge < -0.3 is 4.74 Å². The van der Waals surface area contributed by atoms with Gasteiger partial charge in [-0.3, -0.25) is 9.59 Å². The van der Waals surface area contributed by atoms with Crippen molar-refractivity contribution in [3.63, 3.8) is 0 Å². The molecule has 3 heteroatoms. The van der Waals surface area contributed by atoms with E-state index in [4.69, 9.17) is 4.74 Å². The third-order valence-corrected chi connectivity index (χ3v) is 3.77. The molecule has 0 saturated carbocycles. The molecule has 124 valence electrons. The minimum Gasteiger partial charge on any atom is -0.427 e. The predicted octanol–water partition coefficient (Wildman–Crippen LogP) is 4.59. The molecule has 0 fully saturated rings. The van der Waals surface area contributed by atoms with Crippen LogP contribution in [0.15, 0.2) is 72.8 Å². The molecule has 0 spiro atoms. The predicted molar refractivity (Wildman–Crippen MR) is 99.4 cm³/mol. The summed E-state index contributed by atoms with van der Waals surface area (Å²) >= 11 is 0. The summed E-state index contributed by atoms with van der Waals surface area (Å²) in [4.78, 5) is 23.2. The van der Waals surface area contributed by atoms with Gasteiger partial charge in [-0.2, -0.15) is 0 Å². The molecular formula is C22H18O3. The molecule has 0 aliphatic rings. The lowest BCUT2D eigenvalue weighted by Crippen LogP contribution is -2.01. The fourth-order valence-corrected chi connectivity index (χ4v) is 2.65. The van der Waals surface area contributed by atoms with Crippen LogP contribution in [0, 0.1) is 0 Å². The number of allylic oxidation sites excluding steroid dienone is 1. The number of hydrogen-bond donors (Lipinski definition) is 0. The lowest BCUT2D eigenvalue weighted by molar-refractivity contribution is -0.131. The smallest absolute Gasteiger partial charge is 0.308 e. The lowest BCUT2D eigenvalue weighted by Gasteiger charge is -2.02. The molecule has 3 nitrogen and oxygen atoms in total. The number of carbonyl (C=O) groups excluding carboxylic acids is 2. The van der Waals surface area contributed by atoms with Crippen LogP contribution in [-0.2, 0) is 16.0 Å². The summed E-state index contributed by atoms with van der Waals surface area (Å²) in [5, 5.41) is 2.29. The molecule has 3 aromatic carbocycles. The molecule has 0 radical (unpaired) electrons. The Morgan fingerprint density at radius 2 is 1.72 bits per heavy atom. The summed E-state index contributed by atoms with van der Waals surface area (Å²) in [6, 6.07) is 21.2. The van der Waals surface area contributed by atoms with Crippen LogP contribution >= 0.6 is 0 Å². The van der Waals surface area contributed by atoms with Crippen molar-refractivity contribution in [2.75, 3.05) is 0 Å². The van der Waals surface area contributed by atoms with Gasteiger partial charge in [-0.15, -0.1) is 0 Å². The van der Waals surface area contributed by atoms with Gasteiger partial charge in [0.25, 0.3) is 0 Å². The van der Waals surface area contributed by atoms with Crippen molar-refractivity contribution >= 4 is 28.6 Å². The van der Waals surface area contributed by atoms with Crippen LogP contribution in [0.4, 0.5) is 0 Å². The van der Waals surface area contributed by atoms with E-state index in [0.717, 1.165) is 21.9 Å². The Bertz CT molecular complexity index is 954. The second kappa shape index (κ2) is 7.58. The summed E-state index contributed by atoms with van der Waals surface area (Å²) in [6.07, 6.45) is 3.64. The molecule has 0 amide bonds. The zero-order valence-electron chi connectivity index (χ0n) is 13.9. The number of fused-ring (bicyclic) bond motifs is 1. The van der Waals surface area contributed by atoms with E-state index in [9.17, 15) is 9.59 Å². The van der Waals surface area contributed by atoms with Gasteiger partial charge >= 0.3 is 5.97 Å². The van der Waals surface area contributed by atoms with Gasteiger partial charge in [0.1, 0.15) is 5.75 Å². The highest BCUT2D eigenvalue weighted by Gasteiger charge is 2.02. The van der Waals surface area contributed by atoms with Crippen LogP contribution in [0.3, 0.4) is 0 Å². The van der Waals surface area contributed by atoms with E-state index in [1.807, 2.05) is 42.5 Å². The average Bonchev–Trinajstić information content (AvgIpc) is 2.60. The molecule has 0 aliphatic carbocycles. The van der Waals surface area contributed by atoms with E-state index < -0.39 is 0 Å². The molecule has 0 saturated heterocycles. The number of benzene rings is 3. The summed E-state index contributed by atoms with van der Waals surface area (Å²) in [6.45, 7) is 1.36. The first kappa shape index (κ1) is 16.7. The van der Waals surface area contributed by atoms with Crippen molar-refractivity contribution in [1.29, 1.82) is 0 Å². The molecule has 3 aromatic rings. The number of ketones is 1. The maximum Gasteiger partial charge on any atom is 0.308 e. The van der Waals surface area contributed by atoms with E-state index in [1.54, 1.807) is 30.4 Å². The fraction of sp³-hybridized carbons (Fsp3) is 0.0909. The first-order valence-corrected chi connectivity index (χ1v) is 8.07. The van der Waals surface area contributed by atoms with E-state index >= 15 is 0 Å². The van der Waals surface area contributed by atoms with E-state index in [2.05, 4.69) is 6.07 Å². The number of ether oxygens (including phenoxy) is 1. The summed E-state index contributed by atoms with van der Waals surface area (Å²) < 4.78 is 5.04. The Labute approximate surface area is 146 Å². The zero-order chi connectivity index (χ0) is 17.6. The third-order valence-electron chi connectivity index (χ3n) is 3.77. The number of esters is 1.